The third-order valence-corrected chi connectivity index (χ3v) is 4.20. The highest BCUT2D eigenvalue weighted by Gasteiger charge is 2.29. The van der Waals surface area contributed by atoms with Crippen LogP contribution in [0.15, 0.2) is 54.6 Å². The van der Waals surface area contributed by atoms with Crippen molar-refractivity contribution in [3.63, 3.8) is 0 Å². The molecule has 0 N–H and O–H groups in total. The fourth-order valence-corrected chi connectivity index (χ4v) is 2.89. The Morgan fingerprint density at radius 1 is 1.00 bits per heavy atom. The summed E-state index contributed by atoms with van der Waals surface area (Å²) in [6.45, 7) is 1.23. The first-order valence-electron chi connectivity index (χ1n) is 7.71. The number of methoxy groups -OCH3 is 1. The predicted molar refractivity (Wildman–Crippen MR) is 87.6 cm³/mol. The minimum absolute atomic E-state index is 0.0796. The van der Waals surface area contributed by atoms with Crippen molar-refractivity contribution in [2.24, 2.45) is 0 Å². The van der Waals surface area contributed by atoms with Crippen LogP contribution < -0.4 is 0 Å². The minimum Gasteiger partial charge on any atom is -0.380 e. The van der Waals surface area contributed by atoms with Crippen LogP contribution in [0.5, 0.6) is 0 Å². The van der Waals surface area contributed by atoms with Gasteiger partial charge in [-0.25, -0.2) is 0 Å². The van der Waals surface area contributed by atoms with Gasteiger partial charge in [0.2, 0.25) is 0 Å². The molecule has 118 valence electrons. The van der Waals surface area contributed by atoms with Crippen molar-refractivity contribution < 1.29 is 14.3 Å². The molecule has 1 amide bonds. The second-order valence-corrected chi connectivity index (χ2v) is 5.64. The Bertz CT molecular complexity index is 712. The van der Waals surface area contributed by atoms with E-state index in [1.807, 2.05) is 18.2 Å². The lowest BCUT2D eigenvalue weighted by Gasteiger charge is -2.18. The third-order valence-electron chi connectivity index (χ3n) is 4.20. The van der Waals surface area contributed by atoms with Gasteiger partial charge < -0.3 is 9.64 Å². The number of likely N-dealkylation sites (tertiary alicyclic amines) is 1. The SMILES string of the molecule is COC1CCN(C(=O)c2ccccc2C(=O)c2ccccc2)C1. The molecule has 4 heteroatoms. The van der Waals surface area contributed by atoms with Crippen LogP contribution in [0.4, 0.5) is 0 Å². The Morgan fingerprint density at radius 2 is 1.65 bits per heavy atom. The summed E-state index contributed by atoms with van der Waals surface area (Å²) in [5, 5.41) is 0. The number of ketones is 1. The molecule has 1 aliphatic rings. The zero-order valence-corrected chi connectivity index (χ0v) is 13.1. The largest absolute Gasteiger partial charge is 0.380 e. The maximum absolute atomic E-state index is 12.8. The molecule has 0 saturated carbocycles. The average molecular weight is 309 g/mol. The van der Waals surface area contributed by atoms with Gasteiger partial charge in [-0.15, -0.1) is 0 Å². The third kappa shape index (κ3) is 3.17. The molecule has 1 aliphatic heterocycles. The van der Waals surface area contributed by atoms with Gasteiger partial charge in [-0.3, -0.25) is 9.59 Å². The van der Waals surface area contributed by atoms with Crippen LogP contribution in [-0.2, 0) is 4.74 Å². The molecule has 1 fully saturated rings. The highest BCUT2D eigenvalue weighted by atomic mass is 16.5. The molecule has 1 atom stereocenters. The first-order valence-corrected chi connectivity index (χ1v) is 7.71. The maximum atomic E-state index is 12.8. The van der Waals surface area contributed by atoms with E-state index in [0.717, 1.165) is 6.42 Å². The Labute approximate surface area is 135 Å². The number of hydrogen-bond acceptors (Lipinski definition) is 3. The molecule has 23 heavy (non-hydrogen) atoms. The van der Waals surface area contributed by atoms with Crippen LogP contribution in [0, 0.1) is 0 Å². The number of rotatable bonds is 4. The molecule has 1 heterocycles. The summed E-state index contributed by atoms with van der Waals surface area (Å²) in [6.07, 6.45) is 0.910. The fourth-order valence-electron chi connectivity index (χ4n) is 2.89. The van der Waals surface area contributed by atoms with Crippen LogP contribution in [0.2, 0.25) is 0 Å². The Balaban J connectivity index is 1.89. The Morgan fingerprint density at radius 3 is 2.30 bits per heavy atom. The van der Waals surface area contributed by atoms with Crippen LogP contribution in [0.25, 0.3) is 0 Å². The molecule has 0 radical (unpaired) electrons. The summed E-state index contributed by atoms with van der Waals surface area (Å²) in [6, 6.07) is 16.0. The van der Waals surface area contributed by atoms with Gasteiger partial charge in [0.25, 0.3) is 5.91 Å². The molecule has 1 saturated heterocycles. The smallest absolute Gasteiger partial charge is 0.254 e. The van der Waals surface area contributed by atoms with Crippen molar-refractivity contribution in [3.8, 4) is 0 Å². The van der Waals surface area contributed by atoms with Crippen molar-refractivity contribution in [2.75, 3.05) is 20.2 Å². The molecule has 4 nitrogen and oxygen atoms in total. The lowest BCUT2D eigenvalue weighted by molar-refractivity contribution is 0.0721. The van der Waals surface area contributed by atoms with Gasteiger partial charge in [0.05, 0.1) is 11.7 Å². The molecule has 0 bridgehead atoms. The van der Waals surface area contributed by atoms with Crippen molar-refractivity contribution in [1.29, 1.82) is 0 Å². The molecule has 2 aromatic carbocycles. The number of ether oxygens (including phenoxy) is 1. The van der Waals surface area contributed by atoms with Crippen LogP contribution in [0.3, 0.4) is 0 Å². The normalized spacial score (nSPS) is 17.3. The van der Waals surface area contributed by atoms with E-state index in [0.29, 0.717) is 29.8 Å². The van der Waals surface area contributed by atoms with Gasteiger partial charge in [0.15, 0.2) is 5.78 Å². The fraction of sp³-hybridized carbons (Fsp3) is 0.263. The molecule has 0 spiro atoms. The van der Waals surface area contributed by atoms with Crippen molar-refractivity contribution in [1.82, 2.24) is 4.90 Å². The number of benzene rings is 2. The van der Waals surface area contributed by atoms with E-state index in [4.69, 9.17) is 4.74 Å². The number of hydrogen-bond donors (Lipinski definition) is 0. The molecule has 0 aliphatic carbocycles. The maximum Gasteiger partial charge on any atom is 0.254 e. The van der Waals surface area contributed by atoms with Crippen LogP contribution in [0.1, 0.15) is 32.7 Å². The summed E-state index contributed by atoms with van der Waals surface area (Å²) in [7, 11) is 1.66. The molecular weight excluding hydrogens is 290 g/mol. The average Bonchev–Trinajstić information content (AvgIpc) is 3.10. The van der Waals surface area contributed by atoms with E-state index in [1.165, 1.54) is 0 Å². The number of carbonyl (C=O) groups excluding carboxylic acids is 2. The molecule has 3 rings (SSSR count). The number of nitrogens with zero attached hydrogens (tertiary/aromatic N) is 1. The standard InChI is InChI=1S/C19H19NO3/c1-23-15-11-12-20(13-15)19(22)17-10-6-5-9-16(17)18(21)14-7-3-2-4-8-14/h2-10,15H,11-13H2,1H3. The second kappa shape index (κ2) is 6.75. The Hall–Kier alpha value is -2.46. The second-order valence-electron chi connectivity index (χ2n) is 5.64. The van der Waals surface area contributed by atoms with Gasteiger partial charge in [-0.2, -0.15) is 0 Å². The van der Waals surface area contributed by atoms with Crippen molar-refractivity contribution in [2.45, 2.75) is 12.5 Å². The summed E-state index contributed by atoms with van der Waals surface area (Å²) in [5.74, 6) is -0.235. The van der Waals surface area contributed by atoms with Crippen molar-refractivity contribution >= 4 is 11.7 Å². The molecule has 1 unspecified atom stereocenters. The van der Waals surface area contributed by atoms with E-state index in [9.17, 15) is 9.59 Å². The summed E-state index contributed by atoms with van der Waals surface area (Å²) in [4.78, 5) is 27.2. The molecule has 0 aromatic heterocycles. The Kier molecular flexibility index (Phi) is 4.53. The topological polar surface area (TPSA) is 46.6 Å². The summed E-state index contributed by atoms with van der Waals surface area (Å²) >= 11 is 0. The van der Waals surface area contributed by atoms with Gasteiger partial charge in [-0.1, -0.05) is 48.5 Å². The first kappa shape index (κ1) is 15.4. The summed E-state index contributed by atoms with van der Waals surface area (Å²) < 4.78 is 5.31. The monoisotopic (exact) mass is 309 g/mol. The lowest BCUT2D eigenvalue weighted by Crippen LogP contribution is -2.31. The molecule has 2 aromatic rings. The van der Waals surface area contributed by atoms with E-state index >= 15 is 0 Å². The zero-order valence-electron chi connectivity index (χ0n) is 13.1. The van der Waals surface area contributed by atoms with E-state index in [-0.39, 0.29) is 17.8 Å². The lowest BCUT2D eigenvalue weighted by atomic mass is 9.97. The van der Waals surface area contributed by atoms with Gasteiger partial charge in [-0.05, 0) is 12.5 Å². The van der Waals surface area contributed by atoms with E-state index in [2.05, 4.69) is 0 Å². The predicted octanol–water partition coefficient (Wildman–Crippen LogP) is 2.78. The van der Waals surface area contributed by atoms with Crippen LogP contribution in [-0.4, -0.2) is 42.9 Å². The molecular formula is C19H19NO3. The van der Waals surface area contributed by atoms with Gasteiger partial charge >= 0.3 is 0 Å². The zero-order chi connectivity index (χ0) is 16.2. The van der Waals surface area contributed by atoms with E-state index < -0.39 is 0 Å². The summed E-state index contributed by atoms with van der Waals surface area (Å²) in [5.41, 5.74) is 1.49. The number of amides is 1. The quantitative estimate of drug-likeness (QED) is 0.816. The van der Waals surface area contributed by atoms with Crippen molar-refractivity contribution in [3.05, 3.63) is 71.3 Å². The number of carbonyl (C=O) groups is 2. The van der Waals surface area contributed by atoms with Gasteiger partial charge in [0, 0.05) is 31.3 Å². The van der Waals surface area contributed by atoms with Crippen LogP contribution >= 0.6 is 0 Å². The van der Waals surface area contributed by atoms with Gasteiger partial charge in [0.1, 0.15) is 0 Å². The highest BCUT2D eigenvalue weighted by Crippen LogP contribution is 2.20. The first-order chi connectivity index (χ1) is 11.2. The van der Waals surface area contributed by atoms with E-state index in [1.54, 1.807) is 48.4 Å². The highest BCUT2D eigenvalue weighted by molar-refractivity contribution is 6.15. The minimum atomic E-state index is -0.128.